The monoisotopic (exact) mass is 252 g/mol. The predicted octanol–water partition coefficient (Wildman–Crippen LogP) is 3.42. The van der Waals surface area contributed by atoms with Gasteiger partial charge in [0.2, 0.25) is 0 Å². The summed E-state index contributed by atoms with van der Waals surface area (Å²) in [5.74, 6) is 0.798. The van der Waals surface area contributed by atoms with Crippen LogP contribution in [0, 0.1) is 5.92 Å². The zero-order valence-corrected chi connectivity index (χ0v) is 12.6. The second-order valence-corrected chi connectivity index (χ2v) is 6.48. The quantitative estimate of drug-likeness (QED) is 0.825. The van der Waals surface area contributed by atoms with Gasteiger partial charge in [-0.1, -0.05) is 33.1 Å². The fourth-order valence-electron chi connectivity index (χ4n) is 3.94. The summed E-state index contributed by atoms with van der Waals surface area (Å²) < 4.78 is 0. The third-order valence-electron chi connectivity index (χ3n) is 5.32. The summed E-state index contributed by atoms with van der Waals surface area (Å²) >= 11 is 0. The third-order valence-corrected chi connectivity index (χ3v) is 5.32. The van der Waals surface area contributed by atoms with Gasteiger partial charge in [0.05, 0.1) is 0 Å². The van der Waals surface area contributed by atoms with E-state index in [-0.39, 0.29) is 0 Å². The van der Waals surface area contributed by atoms with E-state index < -0.39 is 0 Å². The van der Waals surface area contributed by atoms with E-state index in [0.29, 0.717) is 0 Å². The van der Waals surface area contributed by atoms with E-state index in [1.54, 1.807) is 0 Å². The zero-order valence-electron chi connectivity index (χ0n) is 12.6. The summed E-state index contributed by atoms with van der Waals surface area (Å²) in [6.45, 7) is 9.67. The fourth-order valence-corrected chi connectivity index (χ4v) is 3.94. The van der Waals surface area contributed by atoms with Gasteiger partial charge in [-0.25, -0.2) is 0 Å². The van der Waals surface area contributed by atoms with Crippen LogP contribution < -0.4 is 5.32 Å². The summed E-state index contributed by atoms with van der Waals surface area (Å²) in [7, 11) is 0. The first kappa shape index (κ1) is 14.3. The molecule has 0 aromatic heterocycles. The van der Waals surface area contributed by atoms with E-state index in [0.717, 1.165) is 24.0 Å². The summed E-state index contributed by atoms with van der Waals surface area (Å²) in [6, 6.07) is 2.40. The molecule has 0 bridgehead atoms. The summed E-state index contributed by atoms with van der Waals surface area (Å²) in [4.78, 5) is 2.83. The number of piperidine rings is 1. The average molecular weight is 252 g/mol. The van der Waals surface area contributed by atoms with Crippen molar-refractivity contribution in [2.24, 2.45) is 5.92 Å². The smallest absolute Gasteiger partial charge is 0.0120 e. The van der Waals surface area contributed by atoms with Crippen molar-refractivity contribution < 1.29 is 0 Å². The molecule has 1 saturated heterocycles. The van der Waals surface area contributed by atoms with Crippen molar-refractivity contribution >= 4 is 0 Å². The Labute approximate surface area is 114 Å². The lowest BCUT2D eigenvalue weighted by Crippen LogP contribution is -2.56. The normalized spacial score (nSPS) is 35.8. The Balaban J connectivity index is 1.88. The Hall–Kier alpha value is -0.0800. The standard InChI is InChI=1S/C16H32N2/c1-4-11-17-16-10-12-18(14(3)13(16)2)15-8-6-5-7-9-15/h13-17H,4-12H2,1-3H3. The maximum absolute atomic E-state index is 3.75. The number of hydrogen-bond acceptors (Lipinski definition) is 2. The molecule has 1 heterocycles. The van der Waals surface area contributed by atoms with Crippen LogP contribution in [-0.4, -0.2) is 36.1 Å². The van der Waals surface area contributed by atoms with Crippen molar-refractivity contribution in [1.29, 1.82) is 0 Å². The molecule has 1 N–H and O–H groups in total. The van der Waals surface area contributed by atoms with Crippen LogP contribution in [0.15, 0.2) is 0 Å². The topological polar surface area (TPSA) is 15.3 Å². The van der Waals surface area contributed by atoms with Gasteiger partial charge in [0, 0.05) is 24.7 Å². The first-order valence-corrected chi connectivity index (χ1v) is 8.23. The Morgan fingerprint density at radius 3 is 2.44 bits per heavy atom. The Morgan fingerprint density at radius 1 is 1.06 bits per heavy atom. The predicted molar refractivity (Wildman–Crippen MR) is 78.9 cm³/mol. The number of rotatable bonds is 4. The number of nitrogens with one attached hydrogen (secondary N) is 1. The average Bonchev–Trinajstić information content (AvgIpc) is 2.41. The minimum atomic E-state index is 0.750. The van der Waals surface area contributed by atoms with Crippen molar-refractivity contribution in [3.05, 3.63) is 0 Å². The Bertz CT molecular complexity index is 235. The molecule has 0 amide bonds. The van der Waals surface area contributed by atoms with Crippen molar-refractivity contribution in [3.63, 3.8) is 0 Å². The van der Waals surface area contributed by atoms with E-state index in [2.05, 4.69) is 31.0 Å². The lowest BCUT2D eigenvalue weighted by Gasteiger charge is -2.47. The minimum absolute atomic E-state index is 0.750. The van der Waals surface area contributed by atoms with Gasteiger partial charge in [0.25, 0.3) is 0 Å². The molecule has 1 aliphatic heterocycles. The summed E-state index contributed by atoms with van der Waals surface area (Å²) in [5, 5.41) is 3.75. The number of nitrogens with zero attached hydrogens (tertiary/aromatic N) is 1. The van der Waals surface area contributed by atoms with Crippen LogP contribution in [-0.2, 0) is 0 Å². The summed E-state index contributed by atoms with van der Waals surface area (Å²) in [5.41, 5.74) is 0. The lowest BCUT2D eigenvalue weighted by molar-refractivity contribution is 0.0322. The van der Waals surface area contributed by atoms with Gasteiger partial charge < -0.3 is 5.32 Å². The Morgan fingerprint density at radius 2 is 1.78 bits per heavy atom. The van der Waals surface area contributed by atoms with Gasteiger partial charge in [-0.05, 0) is 45.1 Å². The highest BCUT2D eigenvalue weighted by Gasteiger charge is 2.35. The van der Waals surface area contributed by atoms with Gasteiger partial charge in [-0.2, -0.15) is 0 Å². The summed E-state index contributed by atoms with van der Waals surface area (Å²) in [6.07, 6.45) is 9.88. The second-order valence-electron chi connectivity index (χ2n) is 6.48. The molecule has 2 heteroatoms. The maximum Gasteiger partial charge on any atom is 0.0120 e. The third kappa shape index (κ3) is 3.27. The molecule has 1 aliphatic carbocycles. The van der Waals surface area contributed by atoms with Crippen LogP contribution >= 0.6 is 0 Å². The molecule has 0 aromatic rings. The van der Waals surface area contributed by atoms with Gasteiger partial charge in [0.1, 0.15) is 0 Å². The highest BCUT2D eigenvalue weighted by atomic mass is 15.2. The van der Waals surface area contributed by atoms with Crippen LogP contribution in [0.3, 0.4) is 0 Å². The second kappa shape index (κ2) is 6.91. The molecule has 0 aromatic carbocycles. The molecule has 2 fully saturated rings. The first-order valence-electron chi connectivity index (χ1n) is 8.23. The van der Waals surface area contributed by atoms with Crippen molar-refractivity contribution in [2.75, 3.05) is 13.1 Å². The van der Waals surface area contributed by atoms with E-state index >= 15 is 0 Å². The highest BCUT2D eigenvalue weighted by Crippen LogP contribution is 2.31. The van der Waals surface area contributed by atoms with Crippen molar-refractivity contribution in [2.45, 2.75) is 83.8 Å². The Kier molecular flexibility index (Phi) is 5.50. The van der Waals surface area contributed by atoms with E-state index in [1.807, 2.05) is 0 Å². The molecular weight excluding hydrogens is 220 g/mol. The highest BCUT2D eigenvalue weighted by molar-refractivity contribution is 4.92. The number of likely N-dealkylation sites (tertiary alicyclic amines) is 1. The number of hydrogen-bond donors (Lipinski definition) is 1. The molecular formula is C16H32N2. The molecule has 0 radical (unpaired) electrons. The molecule has 0 spiro atoms. The molecule has 2 rings (SSSR count). The van der Waals surface area contributed by atoms with Crippen LogP contribution in [0.5, 0.6) is 0 Å². The SMILES string of the molecule is CCCNC1CCN(C2CCCCC2)C(C)C1C. The van der Waals surface area contributed by atoms with Crippen LogP contribution in [0.4, 0.5) is 0 Å². The molecule has 2 nitrogen and oxygen atoms in total. The molecule has 1 saturated carbocycles. The maximum atomic E-state index is 3.75. The van der Waals surface area contributed by atoms with Crippen molar-refractivity contribution in [3.8, 4) is 0 Å². The van der Waals surface area contributed by atoms with Gasteiger partial charge in [-0.15, -0.1) is 0 Å². The molecule has 2 aliphatic rings. The molecule has 18 heavy (non-hydrogen) atoms. The molecule has 3 unspecified atom stereocenters. The van der Waals surface area contributed by atoms with Crippen LogP contribution in [0.2, 0.25) is 0 Å². The van der Waals surface area contributed by atoms with Gasteiger partial charge >= 0.3 is 0 Å². The van der Waals surface area contributed by atoms with E-state index in [4.69, 9.17) is 0 Å². The van der Waals surface area contributed by atoms with Crippen LogP contribution in [0.25, 0.3) is 0 Å². The zero-order chi connectivity index (χ0) is 13.0. The first-order chi connectivity index (χ1) is 8.74. The van der Waals surface area contributed by atoms with Crippen molar-refractivity contribution in [1.82, 2.24) is 10.2 Å². The van der Waals surface area contributed by atoms with Gasteiger partial charge in [0.15, 0.2) is 0 Å². The lowest BCUT2D eigenvalue weighted by atomic mass is 9.83. The molecule has 106 valence electrons. The van der Waals surface area contributed by atoms with Crippen LogP contribution in [0.1, 0.15) is 65.7 Å². The van der Waals surface area contributed by atoms with E-state index in [9.17, 15) is 0 Å². The van der Waals surface area contributed by atoms with E-state index in [1.165, 1.54) is 58.0 Å². The van der Waals surface area contributed by atoms with Gasteiger partial charge in [-0.3, -0.25) is 4.90 Å². The molecule has 3 atom stereocenters. The fraction of sp³-hybridized carbons (Fsp3) is 1.00. The minimum Gasteiger partial charge on any atom is -0.314 e. The largest absolute Gasteiger partial charge is 0.314 e.